The van der Waals surface area contributed by atoms with Gasteiger partial charge >= 0.3 is 0 Å². The van der Waals surface area contributed by atoms with Crippen LogP contribution in [-0.2, 0) is 15.0 Å². The highest BCUT2D eigenvalue weighted by Crippen LogP contribution is 2.60. The molecule has 39 heavy (non-hydrogen) atoms. The first kappa shape index (κ1) is 25.2. The highest BCUT2D eigenvalue weighted by Gasteiger charge is 2.51. The van der Waals surface area contributed by atoms with Crippen LogP contribution in [0.5, 0.6) is 0 Å². The fraction of sp³-hybridized carbons (Fsp3) is 0.531. The van der Waals surface area contributed by atoms with Crippen molar-refractivity contribution in [2.75, 3.05) is 19.6 Å². The number of nitrogens with zero attached hydrogens (tertiary/aromatic N) is 3. The van der Waals surface area contributed by atoms with Crippen LogP contribution in [0.2, 0.25) is 0 Å². The molecule has 6 fully saturated rings. The van der Waals surface area contributed by atoms with Gasteiger partial charge in [0.05, 0.1) is 4.91 Å². The molecule has 2 saturated heterocycles. The quantitative estimate of drug-likeness (QED) is 0.420. The number of hydrogen-bond acceptors (Lipinski definition) is 4. The molecule has 2 aliphatic heterocycles. The number of benzene rings is 1. The van der Waals surface area contributed by atoms with Crippen LogP contribution in [-0.4, -0.2) is 51.1 Å². The summed E-state index contributed by atoms with van der Waals surface area (Å²) in [5.41, 5.74) is 6.08. The van der Waals surface area contributed by atoms with Crippen molar-refractivity contribution in [3.05, 3.63) is 57.8 Å². The minimum Gasteiger partial charge on any atom is -0.341 e. The van der Waals surface area contributed by atoms with Crippen LogP contribution in [0, 0.1) is 31.6 Å². The Morgan fingerprint density at radius 3 is 2.21 bits per heavy atom. The Morgan fingerprint density at radius 2 is 1.59 bits per heavy atom. The van der Waals surface area contributed by atoms with E-state index < -0.39 is 0 Å². The number of carbonyl (C=O) groups excluding carboxylic acids is 3. The van der Waals surface area contributed by atoms with Gasteiger partial charge in [0.1, 0.15) is 6.54 Å². The van der Waals surface area contributed by atoms with Crippen LogP contribution in [0.1, 0.15) is 73.9 Å². The molecule has 204 valence electrons. The molecular weight excluding hydrogens is 506 g/mol. The normalized spacial score (nSPS) is 30.8. The number of aromatic nitrogens is 1. The second kappa shape index (κ2) is 9.39. The van der Waals surface area contributed by atoms with Gasteiger partial charge in [0, 0.05) is 30.2 Å². The predicted octanol–water partition coefficient (Wildman–Crippen LogP) is 6.22. The standard InChI is InChI=1S/C32H37N3O3S/c1-20-11-25(15-28-30(37)34(31(38)39-28)19-29(36)33-9-3-4-10-33)21(2)35(20)27-7-5-26(6-8-27)32-16-22-12-23(17-32)14-24(13-22)18-32/h5-8,11,15,22-24H,3-4,9-10,12-14,16-19H2,1-2H3/b28-15+. The van der Waals surface area contributed by atoms with Gasteiger partial charge in [0.2, 0.25) is 5.91 Å². The summed E-state index contributed by atoms with van der Waals surface area (Å²) in [6.45, 7) is 5.39. The lowest BCUT2D eigenvalue weighted by Gasteiger charge is -2.57. The molecule has 3 heterocycles. The van der Waals surface area contributed by atoms with E-state index in [0.29, 0.717) is 23.4 Å². The zero-order valence-electron chi connectivity index (χ0n) is 22.9. The minimum atomic E-state index is -0.373. The predicted molar refractivity (Wildman–Crippen MR) is 154 cm³/mol. The Labute approximate surface area is 234 Å². The molecule has 3 amide bonds. The maximum absolute atomic E-state index is 13.1. The van der Waals surface area contributed by atoms with Gasteiger partial charge in [-0.1, -0.05) is 12.1 Å². The van der Waals surface area contributed by atoms with E-state index in [0.717, 1.165) is 69.9 Å². The summed E-state index contributed by atoms with van der Waals surface area (Å²) in [6.07, 6.45) is 12.2. The van der Waals surface area contributed by atoms with Gasteiger partial charge in [-0.25, -0.2) is 0 Å². The van der Waals surface area contributed by atoms with Crippen LogP contribution in [0.3, 0.4) is 0 Å². The van der Waals surface area contributed by atoms with E-state index in [4.69, 9.17) is 0 Å². The smallest absolute Gasteiger partial charge is 0.294 e. The molecule has 1 aromatic heterocycles. The monoisotopic (exact) mass is 543 g/mol. The van der Waals surface area contributed by atoms with Crippen LogP contribution in [0.4, 0.5) is 4.79 Å². The van der Waals surface area contributed by atoms with Crippen LogP contribution >= 0.6 is 11.8 Å². The van der Waals surface area contributed by atoms with Gasteiger partial charge in [0.25, 0.3) is 11.1 Å². The van der Waals surface area contributed by atoms with Crippen molar-refractivity contribution < 1.29 is 14.4 Å². The van der Waals surface area contributed by atoms with Crippen LogP contribution in [0.25, 0.3) is 11.8 Å². The Hall–Kier alpha value is -2.80. The van der Waals surface area contributed by atoms with Crippen molar-refractivity contribution in [3.63, 3.8) is 0 Å². The molecule has 0 atom stereocenters. The number of carbonyl (C=O) groups is 3. The molecule has 4 bridgehead atoms. The van der Waals surface area contributed by atoms with Crippen LogP contribution in [0.15, 0.2) is 35.2 Å². The summed E-state index contributed by atoms with van der Waals surface area (Å²) < 4.78 is 2.23. The van der Waals surface area contributed by atoms with E-state index in [-0.39, 0.29) is 23.6 Å². The van der Waals surface area contributed by atoms with Crippen molar-refractivity contribution in [1.29, 1.82) is 0 Å². The third-order valence-corrected chi connectivity index (χ3v) is 11.1. The Bertz CT molecular complexity index is 1350. The maximum atomic E-state index is 13.1. The van der Waals surface area contributed by atoms with Crippen molar-refractivity contribution in [1.82, 2.24) is 14.4 Å². The number of aryl methyl sites for hydroxylation is 1. The average Bonchev–Trinajstić information content (AvgIpc) is 3.60. The third kappa shape index (κ3) is 4.28. The second-order valence-electron chi connectivity index (χ2n) is 12.8. The molecule has 2 aromatic rings. The molecular formula is C32H37N3O3S. The fourth-order valence-electron chi connectivity index (χ4n) is 8.74. The van der Waals surface area contributed by atoms with Gasteiger partial charge in [-0.05, 0) is 136 Å². The topological polar surface area (TPSA) is 62.6 Å². The number of thioether (sulfide) groups is 1. The van der Waals surface area contributed by atoms with Gasteiger partial charge < -0.3 is 9.47 Å². The van der Waals surface area contributed by atoms with Gasteiger partial charge in [-0.3, -0.25) is 19.3 Å². The zero-order chi connectivity index (χ0) is 26.9. The highest BCUT2D eigenvalue weighted by molar-refractivity contribution is 8.18. The van der Waals surface area contributed by atoms with E-state index in [1.165, 1.54) is 44.1 Å². The molecule has 0 N–H and O–H groups in total. The molecule has 7 heteroatoms. The Balaban J connectivity index is 1.11. The molecule has 1 aromatic carbocycles. The molecule has 6 aliphatic rings. The van der Waals surface area contributed by atoms with Crippen LogP contribution < -0.4 is 0 Å². The molecule has 0 unspecified atom stereocenters. The average molecular weight is 544 g/mol. The summed E-state index contributed by atoms with van der Waals surface area (Å²) in [4.78, 5) is 41.5. The van der Waals surface area contributed by atoms with E-state index in [2.05, 4.69) is 48.7 Å². The lowest BCUT2D eigenvalue weighted by molar-refractivity contribution is -0.135. The van der Waals surface area contributed by atoms with E-state index in [1.54, 1.807) is 4.90 Å². The second-order valence-corrected chi connectivity index (χ2v) is 13.8. The van der Waals surface area contributed by atoms with E-state index >= 15 is 0 Å². The Kier molecular flexibility index (Phi) is 6.07. The first-order chi connectivity index (χ1) is 18.8. The van der Waals surface area contributed by atoms with Gasteiger partial charge in [0.15, 0.2) is 0 Å². The van der Waals surface area contributed by atoms with E-state index in [1.807, 2.05) is 6.08 Å². The number of amides is 3. The number of hydrogen-bond donors (Lipinski definition) is 0. The van der Waals surface area contributed by atoms with Crippen molar-refractivity contribution in [2.45, 2.75) is 70.6 Å². The summed E-state index contributed by atoms with van der Waals surface area (Å²) in [6, 6.07) is 11.3. The Morgan fingerprint density at radius 1 is 0.974 bits per heavy atom. The van der Waals surface area contributed by atoms with Crippen molar-refractivity contribution in [3.8, 4) is 5.69 Å². The number of rotatable bonds is 5. The molecule has 0 radical (unpaired) electrons. The molecule has 8 rings (SSSR count). The zero-order valence-corrected chi connectivity index (χ0v) is 23.8. The number of likely N-dealkylation sites (tertiary alicyclic amines) is 1. The molecule has 0 spiro atoms. The van der Waals surface area contributed by atoms with E-state index in [9.17, 15) is 14.4 Å². The SMILES string of the molecule is Cc1cc(/C=C2/SC(=O)N(CC(=O)N3CCCC3)C2=O)c(C)n1-c1ccc(C23CC4CC(CC(C4)C2)C3)cc1. The van der Waals surface area contributed by atoms with Crippen molar-refractivity contribution in [2.24, 2.45) is 17.8 Å². The minimum absolute atomic E-state index is 0.147. The lowest BCUT2D eigenvalue weighted by Crippen LogP contribution is -2.48. The number of imide groups is 1. The third-order valence-electron chi connectivity index (χ3n) is 10.2. The molecule has 4 aliphatic carbocycles. The van der Waals surface area contributed by atoms with Crippen molar-refractivity contribution >= 4 is 34.9 Å². The first-order valence-corrected chi connectivity index (χ1v) is 15.4. The molecule has 4 saturated carbocycles. The molecule has 6 nitrogen and oxygen atoms in total. The maximum Gasteiger partial charge on any atom is 0.294 e. The largest absolute Gasteiger partial charge is 0.341 e. The summed E-state index contributed by atoms with van der Waals surface area (Å²) in [5.74, 6) is 2.27. The first-order valence-electron chi connectivity index (χ1n) is 14.6. The fourth-order valence-corrected chi connectivity index (χ4v) is 9.57. The summed E-state index contributed by atoms with van der Waals surface area (Å²) in [7, 11) is 0. The summed E-state index contributed by atoms with van der Waals surface area (Å²) >= 11 is 0.928. The van der Waals surface area contributed by atoms with Gasteiger partial charge in [-0.15, -0.1) is 0 Å². The summed E-state index contributed by atoms with van der Waals surface area (Å²) in [5, 5.41) is -0.368. The lowest BCUT2D eigenvalue weighted by atomic mass is 9.48. The van der Waals surface area contributed by atoms with Gasteiger partial charge in [-0.2, -0.15) is 0 Å². The highest BCUT2D eigenvalue weighted by atomic mass is 32.2.